The highest BCUT2D eigenvalue weighted by Crippen LogP contribution is 2.23. The molecule has 25 heavy (non-hydrogen) atoms. The zero-order valence-electron chi connectivity index (χ0n) is 13.5. The fourth-order valence-electron chi connectivity index (χ4n) is 2.40. The van der Waals surface area contributed by atoms with E-state index in [4.69, 9.17) is 11.6 Å². The van der Waals surface area contributed by atoms with E-state index in [9.17, 15) is 8.42 Å². The van der Waals surface area contributed by atoms with Crippen LogP contribution in [0.1, 0.15) is 11.1 Å². The van der Waals surface area contributed by atoms with E-state index >= 15 is 0 Å². The zero-order valence-corrected chi connectivity index (χ0v) is 15.1. The molecule has 1 N–H and O–H groups in total. The minimum absolute atomic E-state index is 0.162. The SMILES string of the molecule is Cc1c(Cl)cccc1S(=O)(=O)NCc1ccnc(-c2ccncc2)c1. The highest BCUT2D eigenvalue weighted by molar-refractivity contribution is 7.89. The second-order valence-electron chi connectivity index (χ2n) is 5.47. The molecule has 1 aromatic carbocycles. The quantitative estimate of drug-likeness (QED) is 0.741. The molecule has 0 aliphatic rings. The van der Waals surface area contributed by atoms with Gasteiger partial charge >= 0.3 is 0 Å². The van der Waals surface area contributed by atoms with E-state index in [1.165, 1.54) is 0 Å². The Morgan fingerprint density at radius 3 is 2.60 bits per heavy atom. The minimum Gasteiger partial charge on any atom is -0.265 e. The van der Waals surface area contributed by atoms with Gasteiger partial charge in [-0.15, -0.1) is 0 Å². The van der Waals surface area contributed by atoms with Gasteiger partial charge in [-0.3, -0.25) is 9.97 Å². The Hall–Kier alpha value is -2.28. The average Bonchev–Trinajstić information content (AvgIpc) is 2.63. The fourth-order valence-corrected chi connectivity index (χ4v) is 3.91. The lowest BCUT2D eigenvalue weighted by atomic mass is 10.1. The van der Waals surface area contributed by atoms with Crippen LogP contribution in [-0.2, 0) is 16.6 Å². The number of pyridine rings is 2. The third-order valence-corrected chi connectivity index (χ3v) is 5.73. The minimum atomic E-state index is -3.65. The number of sulfonamides is 1. The molecular weight excluding hydrogens is 358 g/mol. The van der Waals surface area contributed by atoms with Crippen LogP contribution < -0.4 is 4.72 Å². The number of aromatic nitrogens is 2. The molecule has 0 aliphatic carbocycles. The first kappa shape index (κ1) is 17.5. The Bertz CT molecular complexity index is 992. The summed E-state index contributed by atoms with van der Waals surface area (Å²) in [6.45, 7) is 1.85. The van der Waals surface area contributed by atoms with Crippen molar-refractivity contribution >= 4 is 21.6 Å². The number of hydrogen-bond acceptors (Lipinski definition) is 4. The second kappa shape index (κ2) is 7.31. The Kier molecular flexibility index (Phi) is 5.13. The predicted octanol–water partition coefficient (Wildman–Crippen LogP) is 3.58. The molecule has 0 spiro atoms. The maximum atomic E-state index is 12.5. The van der Waals surface area contributed by atoms with Crippen LogP contribution >= 0.6 is 11.6 Å². The topological polar surface area (TPSA) is 72.0 Å². The summed E-state index contributed by atoms with van der Waals surface area (Å²) in [6, 6.07) is 12.2. The van der Waals surface area contributed by atoms with Gasteiger partial charge in [-0.1, -0.05) is 17.7 Å². The fraction of sp³-hybridized carbons (Fsp3) is 0.111. The molecule has 2 heterocycles. The number of halogens is 1. The summed E-state index contributed by atoms with van der Waals surface area (Å²) in [4.78, 5) is 8.48. The van der Waals surface area contributed by atoms with Crippen LogP contribution in [-0.4, -0.2) is 18.4 Å². The molecule has 0 bridgehead atoms. The summed E-state index contributed by atoms with van der Waals surface area (Å²) in [7, 11) is -3.65. The van der Waals surface area contributed by atoms with Crippen molar-refractivity contribution < 1.29 is 8.42 Å². The first-order chi connectivity index (χ1) is 12.0. The van der Waals surface area contributed by atoms with Crippen molar-refractivity contribution in [1.82, 2.24) is 14.7 Å². The molecule has 3 aromatic rings. The van der Waals surface area contributed by atoms with Gasteiger partial charge in [0.05, 0.1) is 10.6 Å². The van der Waals surface area contributed by atoms with Crippen molar-refractivity contribution in [1.29, 1.82) is 0 Å². The smallest absolute Gasteiger partial charge is 0.241 e. The van der Waals surface area contributed by atoms with E-state index in [1.807, 2.05) is 18.2 Å². The molecule has 0 fully saturated rings. The van der Waals surface area contributed by atoms with Gasteiger partial charge in [0.25, 0.3) is 0 Å². The number of benzene rings is 1. The van der Waals surface area contributed by atoms with Crippen molar-refractivity contribution in [3.8, 4) is 11.3 Å². The predicted molar refractivity (Wildman–Crippen MR) is 97.7 cm³/mol. The van der Waals surface area contributed by atoms with Crippen LogP contribution in [0.4, 0.5) is 0 Å². The first-order valence-electron chi connectivity index (χ1n) is 7.57. The van der Waals surface area contributed by atoms with Crippen molar-refractivity contribution in [2.75, 3.05) is 0 Å². The molecule has 0 aliphatic heterocycles. The summed E-state index contributed by atoms with van der Waals surface area (Å²) in [6.07, 6.45) is 5.03. The molecular formula is C18H16ClN3O2S. The van der Waals surface area contributed by atoms with Gasteiger partial charge < -0.3 is 0 Å². The number of nitrogens with one attached hydrogen (secondary N) is 1. The molecule has 7 heteroatoms. The van der Waals surface area contributed by atoms with Gasteiger partial charge in [0, 0.05) is 35.7 Å². The Balaban J connectivity index is 1.81. The van der Waals surface area contributed by atoms with Gasteiger partial charge in [0.2, 0.25) is 10.0 Å². The van der Waals surface area contributed by atoms with Gasteiger partial charge in [-0.25, -0.2) is 13.1 Å². The highest BCUT2D eigenvalue weighted by Gasteiger charge is 2.17. The van der Waals surface area contributed by atoms with Crippen LogP contribution in [0.25, 0.3) is 11.3 Å². The summed E-state index contributed by atoms with van der Waals surface area (Å²) >= 11 is 6.02. The largest absolute Gasteiger partial charge is 0.265 e. The van der Waals surface area contributed by atoms with Crippen molar-refractivity contribution in [3.63, 3.8) is 0 Å². The molecule has 5 nitrogen and oxygen atoms in total. The summed E-state index contributed by atoms with van der Waals surface area (Å²) in [5, 5.41) is 0.423. The lowest BCUT2D eigenvalue weighted by Crippen LogP contribution is -2.24. The second-order valence-corrected chi connectivity index (χ2v) is 7.62. The highest BCUT2D eigenvalue weighted by atomic mass is 35.5. The molecule has 0 saturated heterocycles. The Morgan fingerprint density at radius 2 is 1.84 bits per heavy atom. The molecule has 2 aromatic heterocycles. The average molecular weight is 374 g/mol. The van der Waals surface area contributed by atoms with Gasteiger partial charge in [0.1, 0.15) is 0 Å². The number of rotatable bonds is 5. The van der Waals surface area contributed by atoms with E-state index in [1.54, 1.807) is 49.8 Å². The van der Waals surface area contributed by atoms with E-state index in [2.05, 4.69) is 14.7 Å². The van der Waals surface area contributed by atoms with E-state index < -0.39 is 10.0 Å². The molecule has 128 valence electrons. The number of nitrogens with zero attached hydrogens (tertiary/aromatic N) is 2. The van der Waals surface area contributed by atoms with E-state index in [0.717, 1.165) is 16.8 Å². The van der Waals surface area contributed by atoms with E-state index in [-0.39, 0.29) is 11.4 Å². The van der Waals surface area contributed by atoms with Crippen molar-refractivity contribution in [2.45, 2.75) is 18.4 Å². The first-order valence-corrected chi connectivity index (χ1v) is 9.43. The lowest BCUT2D eigenvalue weighted by molar-refractivity contribution is 0.580. The molecule has 3 rings (SSSR count). The van der Waals surface area contributed by atoms with E-state index in [0.29, 0.717) is 10.6 Å². The van der Waals surface area contributed by atoms with Crippen LogP contribution in [0.5, 0.6) is 0 Å². The molecule has 0 radical (unpaired) electrons. The third-order valence-electron chi connectivity index (χ3n) is 3.77. The van der Waals surface area contributed by atoms with Crippen molar-refractivity contribution in [2.24, 2.45) is 0 Å². The van der Waals surface area contributed by atoms with Gasteiger partial charge in [0.15, 0.2) is 0 Å². The zero-order chi connectivity index (χ0) is 17.9. The maximum Gasteiger partial charge on any atom is 0.241 e. The standard InChI is InChI=1S/C18H16ClN3O2S/c1-13-16(19)3-2-4-18(13)25(23,24)22-12-14-5-10-21-17(11-14)15-6-8-20-9-7-15/h2-11,22H,12H2,1H3. The maximum absolute atomic E-state index is 12.5. The van der Waals surface area contributed by atoms with Crippen LogP contribution in [0.15, 0.2) is 66.0 Å². The summed E-state index contributed by atoms with van der Waals surface area (Å²) in [5.41, 5.74) is 3.03. The van der Waals surface area contributed by atoms with Crippen LogP contribution in [0.2, 0.25) is 5.02 Å². The number of hydrogen-bond donors (Lipinski definition) is 1. The molecule has 0 saturated carbocycles. The summed E-state index contributed by atoms with van der Waals surface area (Å²) < 4.78 is 27.7. The van der Waals surface area contributed by atoms with Gasteiger partial charge in [-0.2, -0.15) is 0 Å². The molecule has 0 atom stereocenters. The third kappa shape index (κ3) is 4.04. The normalized spacial score (nSPS) is 11.4. The Morgan fingerprint density at radius 1 is 1.08 bits per heavy atom. The van der Waals surface area contributed by atoms with Crippen LogP contribution in [0.3, 0.4) is 0 Å². The van der Waals surface area contributed by atoms with Crippen molar-refractivity contribution in [3.05, 3.63) is 77.2 Å². The lowest BCUT2D eigenvalue weighted by Gasteiger charge is -2.11. The van der Waals surface area contributed by atoms with Gasteiger partial charge in [-0.05, 0) is 54.4 Å². The Labute approximate surface area is 151 Å². The monoisotopic (exact) mass is 373 g/mol. The molecule has 0 amide bonds. The molecule has 0 unspecified atom stereocenters. The van der Waals surface area contributed by atoms with Crippen LogP contribution in [0, 0.1) is 6.92 Å². The summed E-state index contributed by atoms with van der Waals surface area (Å²) in [5.74, 6) is 0.